The maximum Gasteiger partial charge on any atom is 0.232 e. The average molecular weight is 412 g/mol. The molecule has 1 aliphatic rings. The van der Waals surface area contributed by atoms with E-state index in [0.717, 1.165) is 0 Å². The van der Waals surface area contributed by atoms with E-state index in [0.29, 0.717) is 42.4 Å². The van der Waals surface area contributed by atoms with E-state index >= 15 is 0 Å². The smallest absolute Gasteiger partial charge is 0.232 e. The van der Waals surface area contributed by atoms with Gasteiger partial charge in [0.2, 0.25) is 19.9 Å². The van der Waals surface area contributed by atoms with Crippen LogP contribution in [0.15, 0.2) is 46.2 Å². The van der Waals surface area contributed by atoms with Crippen molar-refractivity contribution in [1.82, 2.24) is 0 Å². The van der Waals surface area contributed by atoms with Gasteiger partial charge < -0.3 is 9.47 Å². The number of anilines is 1. The highest BCUT2D eigenvalue weighted by Crippen LogP contribution is 2.35. The second-order valence-corrected chi connectivity index (χ2v) is 9.97. The van der Waals surface area contributed by atoms with Crippen LogP contribution in [0.4, 0.5) is 5.69 Å². The van der Waals surface area contributed by atoms with Crippen LogP contribution >= 0.6 is 0 Å². The molecule has 1 N–H and O–H groups in total. The lowest BCUT2D eigenvalue weighted by atomic mass is 10.2. The Morgan fingerprint density at radius 3 is 2.33 bits per heavy atom. The molecule has 146 valence electrons. The molecule has 1 aliphatic heterocycles. The van der Waals surface area contributed by atoms with Crippen molar-refractivity contribution in [3.8, 4) is 11.5 Å². The number of hydrogen-bond donors (Lipinski definition) is 1. The number of hydrogen-bond acceptors (Lipinski definition) is 6. The van der Waals surface area contributed by atoms with Crippen LogP contribution in [0.3, 0.4) is 0 Å². The Labute approximate surface area is 159 Å². The lowest BCUT2D eigenvalue weighted by Crippen LogP contribution is -2.16. The van der Waals surface area contributed by atoms with Crippen molar-refractivity contribution in [2.45, 2.75) is 30.1 Å². The van der Waals surface area contributed by atoms with Gasteiger partial charge in [-0.05, 0) is 49.2 Å². The minimum absolute atomic E-state index is 0.00327. The molecule has 0 unspecified atom stereocenters. The molecule has 2 aromatic rings. The van der Waals surface area contributed by atoms with Gasteiger partial charge >= 0.3 is 0 Å². The fourth-order valence-electron chi connectivity index (χ4n) is 2.83. The maximum absolute atomic E-state index is 13.0. The summed E-state index contributed by atoms with van der Waals surface area (Å²) in [5.74, 6) is 0.907. The van der Waals surface area contributed by atoms with Crippen LogP contribution < -0.4 is 14.2 Å². The average Bonchev–Trinajstić information content (AvgIpc) is 2.60. The van der Waals surface area contributed by atoms with Crippen molar-refractivity contribution in [3.05, 3.63) is 42.0 Å². The summed E-state index contributed by atoms with van der Waals surface area (Å²) in [7, 11) is -7.23. The number of nitrogens with one attached hydrogen (secondary N) is 1. The molecule has 0 spiro atoms. The predicted octanol–water partition coefficient (Wildman–Crippen LogP) is 2.75. The van der Waals surface area contributed by atoms with Gasteiger partial charge in [0.25, 0.3) is 0 Å². The highest BCUT2D eigenvalue weighted by molar-refractivity contribution is 7.92. The molecule has 0 bridgehead atoms. The van der Waals surface area contributed by atoms with Crippen molar-refractivity contribution in [3.63, 3.8) is 0 Å². The summed E-state index contributed by atoms with van der Waals surface area (Å²) in [6.45, 7) is 4.19. The van der Waals surface area contributed by atoms with E-state index in [-0.39, 0.29) is 15.5 Å². The minimum atomic E-state index is -3.79. The Bertz CT molecular complexity index is 1060. The Hall–Kier alpha value is -2.26. The van der Waals surface area contributed by atoms with E-state index in [2.05, 4.69) is 4.72 Å². The van der Waals surface area contributed by atoms with Crippen molar-refractivity contribution in [2.24, 2.45) is 0 Å². The number of benzene rings is 2. The maximum atomic E-state index is 13.0. The van der Waals surface area contributed by atoms with E-state index in [1.807, 2.05) is 0 Å². The number of aryl methyl sites for hydroxylation is 1. The van der Waals surface area contributed by atoms with E-state index in [1.165, 1.54) is 30.3 Å². The highest BCUT2D eigenvalue weighted by atomic mass is 32.2. The highest BCUT2D eigenvalue weighted by Gasteiger charge is 2.23. The van der Waals surface area contributed by atoms with Crippen LogP contribution in [0, 0.1) is 6.92 Å². The van der Waals surface area contributed by atoms with Gasteiger partial charge in [-0.3, -0.25) is 4.72 Å². The zero-order valence-corrected chi connectivity index (χ0v) is 16.7. The number of fused-ring (bicyclic) bond motifs is 1. The molecular formula is C18H21NO6S2. The van der Waals surface area contributed by atoms with Crippen molar-refractivity contribution < 1.29 is 26.3 Å². The summed E-state index contributed by atoms with van der Waals surface area (Å²) in [5, 5.41) is 0. The summed E-state index contributed by atoms with van der Waals surface area (Å²) < 4.78 is 63.1. The molecule has 3 rings (SSSR count). The standard InChI is InChI=1S/C18H21NO6S2/c1-3-10-26(20,21)19-14-4-7-18(13(2)11-14)27(22,23)15-5-6-16-17(12-15)25-9-8-24-16/h4-7,11-12,19H,3,8-10H2,1-2H3. The second kappa shape index (κ2) is 7.40. The van der Waals surface area contributed by atoms with Crippen LogP contribution in [0.5, 0.6) is 11.5 Å². The van der Waals surface area contributed by atoms with Crippen LogP contribution in [-0.4, -0.2) is 35.8 Å². The van der Waals surface area contributed by atoms with Crippen molar-refractivity contribution >= 4 is 25.5 Å². The third kappa shape index (κ3) is 4.19. The SMILES string of the molecule is CCCS(=O)(=O)Nc1ccc(S(=O)(=O)c2ccc3c(c2)OCCO3)c(C)c1. The Morgan fingerprint density at radius 1 is 0.963 bits per heavy atom. The van der Waals surface area contributed by atoms with Crippen LogP contribution in [0.2, 0.25) is 0 Å². The summed E-state index contributed by atoms with van der Waals surface area (Å²) in [4.78, 5) is 0.201. The molecule has 0 aliphatic carbocycles. The molecule has 0 atom stereocenters. The number of sulfone groups is 1. The van der Waals surface area contributed by atoms with Gasteiger partial charge in [-0.15, -0.1) is 0 Å². The Kier molecular flexibility index (Phi) is 5.34. The summed E-state index contributed by atoms with van der Waals surface area (Å²) in [6.07, 6.45) is 0.491. The third-order valence-electron chi connectivity index (χ3n) is 4.03. The third-order valence-corrected chi connectivity index (χ3v) is 7.44. The zero-order valence-electron chi connectivity index (χ0n) is 15.1. The monoisotopic (exact) mass is 411 g/mol. The second-order valence-electron chi connectivity index (χ2n) is 6.21. The van der Waals surface area contributed by atoms with Crippen LogP contribution in [0.25, 0.3) is 0 Å². The molecule has 0 saturated carbocycles. The van der Waals surface area contributed by atoms with Gasteiger partial charge in [0.05, 0.1) is 15.5 Å². The lowest BCUT2D eigenvalue weighted by Gasteiger charge is -2.19. The van der Waals surface area contributed by atoms with E-state index in [1.54, 1.807) is 19.9 Å². The largest absolute Gasteiger partial charge is 0.486 e. The zero-order chi connectivity index (χ0) is 19.7. The normalized spacial score (nSPS) is 14.0. The fraction of sp³-hybridized carbons (Fsp3) is 0.333. The first-order chi connectivity index (χ1) is 12.7. The van der Waals surface area contributed by atoms with Crippen molar-refractivity contribution in [1.29, 1.82) is 0 Å². The van der Waals surface area contributed by atoms with Gasteiger partial charge in [0.15, 0.2) is 11.5 Å². The van der Waals surface area contributed by atoms with E-state index in [4.69, 9.17) is 9.47 Å². The Morgan fingerprint density at radius 2 is 1.67 bits per heavy atom. The molecular weight excluding hydrogens is 390 g/mol. The summed E-state index contributed by atoms with van der Waals surface area (Å²) in [6, 6.07) is 8.86. The number of rotatable bonds is 6. The first-order valence-corrected chi connectivity index (χ1v) is 11.6. The molecule has 2 aromatic carbocycles. The fourth-order valence-corrected chi connectivity index (χ4v) is 5.45. The molecule has 0 radical (unpaired) electrons. The van der Waals surface area contributed by atoms with Crippen molar-refractivity contribution in [2.75, 3.05) is 23.7 Å². The number of sulfonamides is 1. The molecule has 0 amide bonds. The van der Waals surface area contributed by atoms with Gasteiger partial charge in [0, 0.05) is 11.8 Å². The van der Waals surface area contributed by atoms with Gasteiger partial charge in [0.1, 0.15) is 13.2 Å². The summed E-state index contributed by atoms with van der Waals surface area (Å²) in [5.41, 5.74) is 0.781. The van der Waals surface area contributed by atoms with Crippen LogP contribution in [-0.2, 0) is 19.9 Å². The van der Waals surface area contributed by atoms with E-state index in [9.17, 15) is 16.8 Å². The lowest BCUT2D eigenvalue weighted by molar-refractivity contribution is 0.171. The Balaban J connectivity index is 1.93. The van der Waals surface area contributed by atoms with Gasteiger partial charge in [-0.1, -0.05) is 6.92 Å². The first kappa shape index (κ1) is 19.5. The minimum Gasteiger partial charge on any atom is -0.486 e. The number of ether oxygens (including phenoxy) is 2. The summed E-state index contributed by atoms with van der Waals surface area (Å²) >= 11 is 0. The molecule has 7 nitrogen and oxygen atoms in total. The van der Waals surface area contributed by atoms with E-state index < -0.39 is 19.9 Å². The topological polar surface area (TPSA) is 98.8 Å². The molecule has 9 heteroatoms. The molecule has 0 aromatic heterocycles. The molecule has 0 fully saturated rings. The molecule has 0 saturated heterocycles. The predicted molar refractivity (Wildman–Crippen MR) is 102 cm³/mol. The molecule has 27 heavy (non-hydrogen) atoms. The van der Waals surface area contributed by atoms with Gasteiger partial charge in [-0.25, -0.2) is 16.8 Å². The first-order valence-electron chi connectivity index (χ1n) is 8.49. The van der Waals surface area contributed by atoms with Gasteiger partial charge in [-0.2, -0.15) is 0 Å². The van der Waals surface area contributed by atoms with Crippen LogP contribution in [0.1, 0.15) is 18.9 Å². The molecule has 1 heterocycles. The quantitative estimate of drug-likeness (QED) is 0.785.